The van der Waals surface area contributed by atoms with Gasteiger partial charge in [0.25, 0.3) is 0 Å². The molecule has 0 unspecified atom stereocenters. The number of carboxylic acids is 1. The Morgan fingerprint density at radius 1 is 1.23 bits per heavy atom. The maximum Gasteiger partial charge on any atom is 0.336 e. The van der Waals surface area contributed by atoms with Crippen LogP contribution in [-0.2, 0) is 0 Å². The largest absolute Gasteiger partial charge is 0.478 e. The maximum absolute atomic E-state index is 10.8. The Morgan fingerprint density at radius 2 is 1.85 bits per heavy atom. The van der Waals surface area contributed by atoms with Gasteiger partial charge in [-0.25, -0.2) is 4.79 Å². The second-order valence-corrected chi connectivity index (χ2v) is 2.47. The van der Waals surface area contributed by atoms with Crippen molar-refractivity contribution in [2.24, 2.45) is 5.73 Å². The van der Waals surface area contributed by atoms with Crippen LogP contribution in [0.2, 0.25) is 0 Å². The molecule has 0 heterocycles. The quantitative estimate of drug-likeness (QED) is 0.559. The van der Waals surface area contributed by atoms with E-state index in [1.165, 1.54) is 18.2 Å². The first-order valence-corrected chi connectivity index (χ1v) is 3.45. The lowest BCUT2D eigenvalue weighted by Crippen LogP contribution is -2.16. The molecule has 0 radical (unpaired) electrons. The molecule has 1 amide bonds. The summed E-state index contributed by atoms with van der Waals surface area (Å²) >= 11 is 0. The van der Waals surface area contributed by atoms with Crippen molar-refractivity contribution < 1.29 is 14.7 Å². The van der Waals surface area contributed by atoms with Gasteiger partial charge < -0.3 is 16.6 Å². The number of aromatic carboxylic acids is 1. The number of amides is 1. The Balaban J connectivity index is 3.35. The molecule has 0 spiro atoms. The molecule has 0 bridgehead atoms. The van der Waals surface area contributed by atoms with Crippen molar-refractivity contribution in [2.75, 3.05) is 5.73 Å². The smallest absolute Gasteiger partial charge is 0.336 e. The van der Waals surface area contributed by atoms with Gasteiger partial charge in [0.2, 0.25) is 5.91 Å². The number of hydrogen-bond donors (Lipinski definition) is 3. The molecule has 0 aliphatic rings. The number of carboxylic acid groups (broad SMARTS) is 1. The first-order chi connectivity index (χ1) is 6.02. The van der Waals surface area contributed by atoms with Gasteiger partial charge in [-0.2, -0.15) is 0 Å². The van der Waals surface area contributed by atoms with Gasteiger partial charge in [-0.15, -0.1) is 0 Å². The van der Waals surface area contributed by atoms with E-state index in [-0.39, 0.29) is 16.8 Å². The monoisotopic (exact) mass is 180 g/mol. The molecule has 13 heavy (non-hydrogen) atoms. The predicted molar refractivity (Wildman–Crippen MR) is 46.3 cm³/mol. The molecule has 0 atom stereocenters. The van der Waals surface area contributed by atoms with Crippen LogP contribution in [0.1, 0.15) is 20.7 Å². The Morgan fingerprint density at radius 3 is 2.31 bits per heavy atom. The van der Waals surface area contributed by atoms with Crippen molar-refractivity contribution in [3.05, 3.63) is 29.3 Å². The van der Waals surface area contributed by atoms with Crippen LogP contribution in [0, 0.1) is 0 Å². The van der Waals surface area contributed by atoms with Crippen LogP contribution < -0.4 is 11.5 Å². The summed E-state index contributed by atoms with van der Waals surface area (Å²) in [5.74, 6) is -2.00. The van der Waals surface area contributed by atoms with E-state index in [0.717, 1.165) is 0 Å². The first kappa shape index (κ1) is 9.05. The van der Waals surface area contributed by atoms with Crippen LogP contribution in [-0.4, -0.2) is 17.0 Å². The van der Waals surface area contributed by atoms with Crippen LogP contribution in [0.25, 0.3) is 0 Å². The molecule has 0 fully saturated rings. The lowest BCUT2D eigenvalue weighted by molar-refractivity contribution is 0.0692. The summed E-state index contributed by atoms with van der Waals surface area (Å²) in [6.45, 7) is 0. The van der Waals surface area contributed by atoms with Crippen molar-refractivity contribution in [3.8, 4) is 0 Å². The van der Waals surface area contributed by atoms with Crippen LogP contribution in [0.3, 0.4) is 0 Å². The van der Waals surface area contributed by atoms with Crippen molar-refractivity contribution in [2.45, 2.75) is 0 Å². The van der Waals surface area contributed by atoms with E-state index in [4.69, 9.17) is 16.6 Å². The number of nitrogen functional groups attached to an aromatic ring is 1. The van der Waals surface area contributed by atoms with E-state index in [9.17, 15) is 9.59 Å². The van der Waals surface area contributed by atoms with Crippen molar-refractivity contribution in [1.29, 1.82) is 0 Å². The SMILES string of the molecule is NC(=O)c1ccc(N)cc1C(=O)O. The topological polar surface area (TPSA) is 106 Å². The Labute approximate surface area is 74.0 Å². The summed E-state index contributed by atoms with van der Waals surface area (Å²) in [5, 5.41) is 8.68. The highest BCUT2D eigenvalue weighted by molar-refractivity contribution is 6.04. The Kier molecular flexibility index (Phi) is 2.19. The highest BCUT2D eigenvalue weighted by atomic mass is 16.4. The third-order valence-electron chi connectivity index (χ3n) is 1.54. The third kappa shape index (κ3) is 1.76. The van der Waals surface area contributed by atoms with Crippen LogP contribution in [0.15, 0.2) is 18.2 Å². The number of primary amides is 1. The minimum Gasteiger partial charge on any atom is -0.478 e. The molecule has 5 N–H and O–H groups in total. The highest BCUT2D eigenvalue weighted by Crippen LogP contribution is 2.12. The summed E-state index contributed by atoms with van der Waals surface area (Å²) in [4.78, 5) is 21.4. The van der Waals surface area contributed by atoms with Crippen molar-refractivity contribution >= 4 is 17.6 Å². The molecule has 0 aromatic heterocycles. The summed E-state index contributed by atoms with van der Waals surface area (Å²) in [6.07, 6.45) is 0. The minimum absolute atomic E-state index is 0.0401. The van der Waals surface area contributed by atoms with E-state index < -0.39 is 11.9 Å². The molecule has 0 saturated heterocycles. The summed E-state index contributed by atoms with van der Waals surface area (Å²) in [7, 11) is 0. The van der Waals surface area contributed by atoms with Gasteiger partial charge in [0, 0.05) is 5.69 Å². The van der Waals surface area contributed by atoms with Gasteiger partial charge in [-0.05, 0) is 18.2 Å². The van der Waals surface area contributed by atoms with E-state index in [2.05, 4.69) is 0 Å². The van der Waals surface area contributed by atoms with Gasteiger partial charge >= 0.3 is 5.97 Å². The third-order valence-corrected chi connectivity index (χ3v) is 1.54. The number of carbonyl (C=O) groups excluding carboxylic acids is 1. The van der Waals surface area contributed by atoms with E-state index in [1.54, 1.807) is 0 Å². The van der Waals surface area contributed by atoms with Crippen molar-refractivity contribution in [3.63, 3.8) is 0 Å². The number of anilines is 1. The van der Waals surface area contributed by atoms with Gasteiger partial charge in [-0.1, -0.05) is 0 Å². The highest BCUT2D eigenvalue weighted by Gasteiger charge is 2.13. The summed E-state index contributed by atoms with van der Waals surface area (Å²) in [6, 6.07) is 3.91. The zero-order valence-electron chi connectivity index (χ0n) is 6.65. The lowest BCUT2D eigenvalue weighted by atomic mass is 10.1. The molecule has 5 nitrogen and oxygen atoms in total. The molecule has 0 saturated carbocycles. The molecule has 5 heteroatoms. The van der Waals surface area contributed by atoms with E-state index in [1.807, 2.05) is 0 Å². The zero-order valence-corrected chi connectivity index (χ0v) is 6.65. The molecular formula is C8H8N2O3. The summed E-state index contributed by atoms with van der Waals surface area (Å²) in [5.41, 5.74) is 10.4. The molecule has 1 aromatic rings. The number of benzene rings is 1. The number of rotatable bonds is 2. The molecule has 1 aromatic carbocycles. The number of hydrogen-bond acceptors (Lipinski definition) is 3. The Bertz CT molecular complexity index is 374. The fourth-order valence-electron chi connectivity index (χ4n) is 0.954. The average molecular weight is 180 g/mol. The molecule has 68 valence electrons. The summed E-state index contributed by atoms with van der Waals surface area (Å²) < 4.78 is 0. The maximum atomic E-state index is 10.8. The molecule has 1 rings (SSSR count). The average Bonchev–Trinajstić information content (AvgIpc) is 2.03. The van der Waals surface area contributed by atoms with Gasteiger partial charge in [0.1, 0.15) is 0 Å². The lowest BCUT2D eigenvalue weighted by Gasteiger charge is -2.02. The second kappa shape index (κ2) is 3.14. The Hall–Kier alpha value is -2.04. The number of carbonyl (C=O) groups is 2. The first-order valence-electron chi connectivity index (χ1n) is 3.45. The van der Waals surface area contributed by atoms with Crippen LogP contribution >= 0.6 is 0 Å². The van der Waals surface area contributed by atoms with Crippen LogP contribution in [0.5, 0.6) is 0 Å². The normalized spacial score (nSPS) is 9.54. The standard InChI is InChI=1S/C8H8N2O3/c9-4-1-2-5(7(10)11)6(3-4)8(12)13/h1-3H,9H2,(H2,10,11)(H,12,13). The molecular weight excluding hydrogens is 172 g/mol. The molecule has 0 aliphatic heterocycles. The van der Waals surface area contributed by atoms with Gasteiger partial charge in [0.05, 0.1) is 11.1 Å². The van der Waals surface area contributed by atoms with Gasteiger partial charge in [0.15, 0.2) is 0 Å². The fourth-order valence-corrected chi connectivity index (χ4v) is 0.954. The van der Waals surface area contributed by atoms with Gasteiger partial charge in [-0.3, -0.25) is 4.79 Å². The predicted octanol–water partition coefficient (Wildman–Crippen LogP) is 0.0659. The van der Waals surface area contributed by atoms with E-state index in [0.29, 0.717) is 0 Å². The molecule has 0 aliphatic carbocycles. The zero-order chi connectivity index (χ0) is 10.0. The number of nitrogens with two attached hydrogens (primary N) is 2. The second-order valence-electron chi connectivity index (χ2n) is 2.47. The van der Waals surface area contributed by atoms with E-state index >= 15 is 0 Å². The van der Waals surface area contributed by atoms with Crippen molar-refractivity contribution in [1.82, 2.24) is 0 Å². The minimum atomic E-state index is -1.22. The fraction of sp³-hybridized carbons (Fsp3) is 0. The van der Waals surface area contributed by atoms with Crippen LogP contribution in [0.4, 0.5) is 5.69 Å².